The van der Waals surface area contributed by atoms with Crippen LogP contribution in [0.1, 0.15) is 29.7 Å². The van der Waals surface area contributed by atoms with Crippen LogP contribution in [-0.2, 0) is 11.4 Å². The monoisotopic (exact) mass is 743 g/mol. The molecule has 1 atom stereocenters. The number of allylic oxidation sites excluding steroid dienone is 1. The van der Waals surface area contributed by atoms with Crippen LogP contribution >= 0.6 is 43.2 Å². The van der Waals surface area contributed by atoms with Crippen molar-refractivity contribution >= 4 is 60.9 Å². The molecule has 0 saturated carbocycles. The number of hydrogen-bond acceptors (Lipinski definition) is 6. The molecule has 1 aromatic heterocycles. The van der Waals surface area contributed by atoms with Crippen molar-refractivity contribution in [2.45, 2.75) is 19.6 Å². The van der Waals surface area contributed by atoms with Crippen LogP contribution in [0.25, 0.3) is 6.08 Å². The Kier molecular flexibility index (Phi) is 9.16. The summed E-state index contributed by atoms with van der Waals surface area (Å²) in [5.41, 5.74) is 3.95. The molecule has 1 aliphatic rings. The first-order valence-corrected chi connectivity index (χ1v) is 16.4. The quantitative estimate of drug-likeness (QED) is 0.186. The lowest BCUT2D eigenvalue weighted by Crippen LogP contribution is -2.40. The van der Waals surface area contributed by atoms with Crippen molar-refractivity contribution in [1.29, 1.82) is 0 Å². The summed E-state index contributed by atoms with van der Waals surface area (Å²) in [6.45, 7) is 2.22. The predicted octanol–water partition coefficient (Wildman–Crippen LogP) is 6.99. The van der Waals surface area contributed by atoms with Gasteiger partial charge >= 0.3 is 0 Å². The summed E-state index contributed by atoms with van der Waals surface area (Å²) in [5.74, 6) is 0.992. The van der Waals surface area contributed by atoms with Gasteiger partial charge < -0.3 is 14.8 Å². The number of aromatic nitrogens is 1. The summed E-state index contributed by atoms with van der Waals surface area (Å²) in [4.78, 5) is 33.1. The number of rotatable bonds is 8. The van der Waals surface area contributed by atoms with E-state index < -0.39 is 6.04 Å². The van der Waals surface area contributed by atoms with Gasteiger partial charge in [-0.2, -0.15) is 0 Å². The van der Waals surface area contributed by atoms with Crippen molar-refractivity contribution < 1.29 is 14.3 Å². The van der Waals surface area contributed by atoms with Crippen LogP contribution < -0.4 is 29.7 Å². The van der Waals surface area contributed by atoms with E-state index in [9.17, 15) is 9.59 Å². The molecule has 6 rings (SSSR count). The Morgan fingerprint density at radius 3 is 2.51 bits per heavy atom. The van der Waals surface area contributed by atoms with E-state index in [1.165, 1.54) is 11.3 Å². The number of nitrogens with one attached hydrogen (secondary N) is 1. The van der Waals surface area contributed by atoms with Gasteiger partial charge in [0.15, 0.2) is 4.80 Å². The van der Waals surface area contributed by atoms with Crippen molar-refractivity contribution in [3.05, 3.63) is 154 Å². The van der Waals surface area contributed by atoms with E-state index >= 15 is 0 Å². The molecule has 0 saturated heterocycles. The molecule has 1 N–H and O–H groups in total. The summed E-state index contributed by atoms with van der Waals surface area (Å²) in [7, 11) is 1.59. The van der Waals surface area contributed by atoms with Gasteiger partial charge in [0.1, 0.15) is 18.1 Å². The highest BCUT2D eigenvalue weighted by molar-refractivity contribution is 9.10. The van der Waals surface area contributed by atoms with Crippen molar-refractivity contribution in [2.75, 3.05) is 12.4 Å². The molecule has 0 bridgehead atoms. The average molecular weight is 745 g/mol. The fourth-order valence-corrected chi connectivity index (χ4v) is 6.90. The number of anilines is 1. The fraction of sp³-hybridized carbons (Fsp3) is 0.114. The SMILES string of the molecule is COc1cccc([C@@H]2C(C(=O)Nc3ccccc3)=C(C)N=c3s/c(=C\c4ccc(OCc5ccc(Br)cc5)c(Br)c4)c(=O)n32)c1. The minimum absolute atomic E-state index is 0.240. The van der Waals surface area contributed by atoms with Crippen LogP contribution in [-0.4, -0.2) is 17.6 Å². The molecule has 226 valence electrons. The Labute approximate surface area is 280 Å². The molecule has 0 unspecified atom stereocenters. The average Bonchev–Trinajstić information content (AvgIpc) is 3.34. The highest BCUT2D eigenvalue weighted by Crippen LogP contribution is 2.32. The normalized spacial score (nSPS) is 14.5. The Hall–Kier alpha value is -4.25. The molecule has 0 aliphatic carbocycles. The highest BCUT2D eigenvalue weighted by Gasteiger charge is 2.32. The maximum Gasteiger partial charge on any atom is 0.271 e. The first kappa shape index (κ1) is 30.8. The van der Waals surface area contributed by atoms with Crippen LogP contribution in [0.15, 0.2) is 127 Å². The van der Waals surface area contributed by atoms with Gasteiger partial charge in [0.2, 0.25) is 0 Å². The summed E-state index contributed by atoms with van der Waals surface area (Å²) in [6.07, 6.45) is 1.83. The third-order valence-electron chi connectivity index (χ3n) is 7.27. The number of ether oxygens (including phenoxy) is 2. The zero-order valence-corrected chi connectivity index (χ0v) is 28.3. The fourth-order valence-electron chi connectivity index (χ4n) is 5.08. The Balaban J connectivity index is 1.37. The highest BCUT2D eigenvalue weighted by atomic mass is 79.9. The largest absolute Gasteiger partial charge is 0.497 e. The number of carbonyl (C=O) groups is 1. The lowest BCUT2D eigenvalue weighted by molar-refractivity contribution is -0.113. The lowest BCUT2D eigenvalue weighted by atomic mass is 9.95. The van der Waals surface area contributed by atoms with E-state index in [1.54, 1.807) is 18.6 Å². The van der Waals surface area contributed by atoms with Crippen molar-refractivity contribution in [2.24, 2.45) is 4.99 Å². The van der Waals surface area contributed by atoms with E-state index in [0.717, 1.165) is 25.6 Å². The molecule has 7 nitrogen and oxygen atoms in total. The minimum atomic E-state index is -0.705. The maximum absolute atomic E-state index is 14.1. The van der Waals surface area contributed by atoms with Gasteiger partial charge in [-0.3, -0.25) is 14.2 Å². The van der Waals surface area contributed by atoms with Crippen LogP contribution in [0.5, 0.6) is 11.5 Å². The summed E-state index contributed by atoms with van der Waals surface area (Å²) in [6, 6.07) is 29.6. The molecule has 4 aromatic carbocycles. The maximum atomic E-state index is 14.1. The van der Waals surface area contributed by atoms with Crippen molar-refractivity contribution in [1.82, 2.24) is 4.57 Å². The third-order valence-corrected chi connectivity index (χ3v) is 9.40. The van der Waals surface area contributed by atoms with Gasteiger partial charge in [-0.15, -0.1) is 0 Å². The van der Waals surface area contributed by atoms with E-state index in [1.807, 2.05) is 103 Å². The van der Waals surface area contributed by atoms with Crippen LogP contribution in [0.2, 0.25) is 0 Å². The van der Waals surface area contributed by atoms with Gasteiger partial charge in [0.25, 0.3) is 11.5 Å². The van der Waals surface area contributed by atoms with E-state index in [4.69, 9.17) is 14.5 Å². The molecule has 5 aromatic rings. The van der Waals surface area contributed by atoms with E-state index in [2.05, 4.69) is 37.2 Å². The number of hydrogen-bond donors (Lipinski definition) is 1. The van der Waals surface area contributed by atoms with Gasteiger partial charge in [-0.05, 0) is 94.2 Å². The van der Waals surface area contributed by atoms with Crippen LogP contribution in [0.3, 0.4) is 0 Å². The molecule has 1 amide bonds. The number of carbonyl (C=O) groups excluding carboxylic acids is 1. The second-order valence-corrected chi connectivity index (χ2v) is 13.1. The zero-order valence-electron chi connectivity index (χ0n) is 24.3. The third kappa shape index (κ3) is 6.73. The minimum Gasteiger partial charge on any atom is -0.497 e. The van der Waals surface area contributed by atoms with Crippen LogP contribution in [0.4, 0.5) is 5.69 Å². The summed E-state index contributed by atoms with van der Waals surface area (Å²) in [5, 5.41) is 2.97. The molecular formula is C35H27Br2N3O4S. The first-order chi connectivity index (χ1) is 21.8. The summed E-state index contributed by atoms with van der Waals surface area (Å²) >= 11 is 8.36. The zero-order chi connectivity index (χ0) is 31.5. The lowest BCUT2D eigenvalue weighted by Gasteiger charge is -2.25. The number of fused-ring (bicyclic) bond motifs is 1. The number of para-hydroxylation sites is 1. The van der Waals surface area contributed by atoms with Gasteiger partial charge in [0, 0.05) is 10.2 Å². The topological polar surface area (TPSA) is 81.9 Å². The molecule has 0 radical (unpaired) electrons. The number of thiazole rings is 1. The van der Waals surface area contributed by atoms with E-state index in [-0.39, 0.29) is 11.5 Å². The predicted molar refractivity (Wildman–Crippen MR) is 184 cm³/mol. The van der Waals surface area contributed by atoms with Crippen molar-refractivity contribution in [3.63, 3.8) is 0 Å². The number of benzene rings is 4. The Morgan fingerprint density at radius 2 is 1.78 bits per heavy atom. The van der Waals surface area contributed by atoms with Gasteiger partial charge in [0.05, 0.1) is 33.4 Å². The second-order valence-electron chi connectivity index (χ2n) is 10.3. The standard InChI is InChI=1S/C35H27Br2N3O4S/c1-21-31(33(41)39-26-8-4-3-5-9-26)32(24-7-6-10-27(19-24)43-2)40-34(42)30(45-35(40)38-21)18-23-13-16-29(28(37)17-23)44-20-22-11-14-25(36)15-12-22/h3-19,32H,20H2,1-2H3,(H,39,41)/b30-18-/t32-/m1/s1. The smallest absolute Gasteiger partial charge is 0.271 e. The number of halogens is 2. The molecule has 2 heterocycles. The Bertz CT molecular complexity index is 2110. The van der Waals surface area contributed by atoms with Crippen molar-refractivity contribution in [3.8, 4) is 11.5 Å². The number of methoxy groups -OCH3 is 1. The second kappa shape index (κ2) is 13.4. The van der Waals surface area contributed by atoms with E-state index in [0.29, 0.717) is 44.4 Å². The number of nitrogens with zero attached hydrogens (tertiary/aromatic N) is 2. The van der Waals surface area contributed by atoms with Crippen LogP contribution in [0, 0.1) is 0 Å². The molecule has 0 fully saturated rings. The molecule has 1 aliphatic heterocycles. The molecule has 45 heavy (non-hydrogen) atoms. The number of amides is 1. The molecule has 0 spiro atoms. The van der Waals surface area contributed by atoms with Gasteiger partial charge in [-0.1, -0.05) is 75.8 Å². The first-order valence-electron chi connectivity index (χ1n) is 14.0. The summed E-state index contributed by atoms with van der Waals surface area (Å²) < 4.78 is 15.4. The van der Waals surface area contributed by atoms with Gasteiger partial charge in [-0.25, -0.2) is 4.99 Å². The molecule has 10 heteroatoms. The molecular weight excluding hydrogens is 718 g/mol. The Morgan fingerprint density at radius 1 is 1.00 bits per heavy atom.